The van der Waals surface area contributed by atoms with Crippen molar-refractivity contribution in [3.63, 3.8) is 0 Å². The van der Waals surface area contributed by atoms with Gasteiger partial charge in [-0.2, -0.15) is 0 Å². The summed E-state index contributed by atoms with van der Waals surface area (Å²) in [4.78, 5) is 8.26. The molecule has 0 spiro atoms. The second-order valence-electron chi connectivity index (χ2n) is 5.29. The first-order valence-corrected chi connectivity index (χ1v) is 9.37. The van der Waals surface area contributed by atoms with Crippen molar-refractivity contribution in [1.82, 2.24) is 10.3 Å². The van der Waals surface area contributed by atoms with E-state index in [4.69, 9.17) is 9.72 Å². The van der Waals surface area contributed by atoms with Gasteiger partial charge in [-0.1, -0.05) is 0 Å². The monoisotopic (exact) mass is 315 g/mol. The van der Waals surface area contributed by atoms with Crippen molar-refractivity contribution in [2.24, 2.45) is 0 Å². The van der Waals surface area contributed by atoms with Gasteiger partial charge in [-0.3, -0.25) is 4.21 Å². The average Bonchev–Trinajstić information content (AvgIpc) is 3.19. The van der Waals surface area contributed by atoms with Gasteiger partial charge in [0.25, 0.3) is 0 Å². The van der Waals surface area contributed by atoms with E-state index in [2.05, 4.69) is 10.2 Å². The zero-order valence-electron chi connectivity index (χ0n) is 11.8. The summed E-state index contributed by atoms with van der Waals surface area (Å²) in [6.07, 6.45) is 2.59. The van der Waals surface area contributed by atoms with E-state index in [9.17, 15) is 4.21 Å². The summed E-state index contributed by atoms with van der Waals surface area (Å²) in [6.45, 7) is 3.16. The number of hydrogen-bond donors (Lipinski definition) is 1. The van der Waals surface area contributed by atoms with Crippen LogP contribution in [0.2, 0.25) is 0 Å². The van der Waals surface area contributed by atoms with Crippen molar-refractivity contribution in [2.45, 2.75) is 32.0 Å². The lowest BCUT2D eigenvalue weighted by atomic mass is 10.3. The summed E-state index contributed by atoms with van der Waals surface area (Å²) in [5.74, 6) is 1.52. The van der Waals surface area contributed by atoms with Crippen LogP contribution in [0.3, 0.4) is 0 Å². The molecule has 2 heterocycles. The van der Waals surface area contributed by atoms with Gasteiger partial charge >= 0.3 is 0 Å². The summed E-state index contributed by atoms with van der Waals surface area (Å²) in [5, 5.41) is 4.60. The number of nitrogens with zero attached hydrogens (tertiary/aromatic N) is 2. The summed E-state index contributed by atoms with van der Waals surface area (Å²) < 4.78 is 16.7. The van der Waals surface area contributed by atoms with E-state index in [0.717, 1.165) is 42.0 Å². The molecule has 7 heteroatoms. The molecule has 1 saturated heterocycles. The highest BCUT2D eigenvalue weighted by atomic mass is 32.2. The smallest absolute Gasteiger partial charge is 0.185 e. The Kier molecular flexibility index (Phi) is 4.70. The van der Waals surface area contributed by atoms with E-state index in [0.29, 0.717) is 12.6 Å². The minimum Gasteiger partial charge on any atom is -0.378 e. The normalized spacial score (nSPS) is 20.6. The molecule has 1 aromatic rings. The summed E-state index contributed by atoms with van der Waals surface area (Å²) in [6, 6.07) is 0.702. The number of methoxy groups -OCH3 is 1. The van der Waals surface area contributed by atoms with E-state index >= 15 is 0 Å². The minimum atomic E-state index is -0.640. The molecule has 0 atom stereocenters. The van der Waals surface area contributed by atoms with Crippen LogP contribution in [0.5, 0.6) is 0 Å². The van der Waals surface area contributed by atoms with Gasteiger partial charge in [0, 0.05) is 60.0 Å². The Bertz CT molecular complexity index is 478. The third-order valence-corrected chi connectivity index (χ3v) is 6.06. The molecule has 0 bridgehead atoms. The van der Waals surface area contributed by atoms with Gasteiger partial charge in [0.1, 0.15) is 0 Å². The standard InChI is InChI=1S/C13H21N3O2S2/c1-18-9-11-12(8-14-10-2-3-10)19-13(15-11)16-4-6-20(17)7-5-16/h10,14H,2-9H2,1H3. The van der Waals surface area contributed by atoms with Crippen LogP contribution in [0.1, 0.15) is 23.4 Å². The highest BCUT2D eigenvalue weighted by Gasteiger charge is 2.23. The number of nitrogens with one attached hydrogen (secondary N) is 1. The predicted octanol–water partition coefficient (Wildman–Crippen LogP) is 1.11. The maximum absolute atomic E-state index is 11.4. The number of ether oxygens (including phenoxy) is 1. The molecule has 0 amide bonds. The molecule has 1 aromatic heterocycles. The van der Waals surface area contributed by atoms with E-state index in [1.54, 1.807) is 18.4 Å². The molecule has 1 aliphatic heterocycles. The molecule has 5 nitrogen and oxygen atoms in total. The molecule has 1 saturated carbocycles. The predicted molar refractivity (Wildman–Crippen MR) is 82.8 cm³/mol. The molecule has 2 aliphatic rings. The maximum atomic E-state index is 11.4. The summed E-state index contributed by atoms with van der Waals surface area (Å²) in [5.41, 5.74) is 1.05. The fourth-order valence-corrected chi connectivity index (χ4v) is 4.36. The zero-order valence-corrected chi connectivity index (χ0v) is 13.4. The van der Waals surface area contributed by atoms with Gasteiger partial charge in [0.2, 0.25) is 0 Å². The number of hydrogen-bond acceptors (Lipinski definition) is 6. The summed E-state index contributed by atoms with van der Waals surface area (Å²) >= 11 is 1.75. The second kappa shape index (κ2) is 6.51. The molecule has 0 radical (unpaired) electrons. The lowest BCUT2D eigenvalue weighted by molar-refractivity contribution is 0.181. The Morgan fingerprint density at radius 1 is 1.45 bits per heavy atom. The first-order valence-electron chi connectivity index (χ1n) is 7.07. The molecular formula is C13H21N3O2S2. The molecule has 3 rings (SSSR count). The molecule has 1 N–H and O–H groups in total. The van der Waals surface area contributed by atoms with Crippen LogP contribution in [0, 0.1) is 0 Å². The molecule has 0 unspecified atom stereocenters. The quantitative estimate of drug-likeness (QED) is 0.852. The van der Waals surface area contributed by atoms with Gasteiger partial charge in [0.05, 0.1) is 12.3 Å². The Morgan fingerprint density at radius 3 is 2.85 bits per heavy atom. The topological polar surface area (TPSA) is 54.5 Å². The Labute approximate surface area is 126 Å². The second-order valence-corrected chi connectivity index (χ2v) is 8.05. The zero-order chi connectivity index (χ0) is 13.9. The maximum Gasteiger partial charge on any atom is 0.185 e. The first-order chi connectivity index (χ1) is 9.76. The molecule has 20 heavy (non-hydrogen) atoms. The van der Waals surface area contributed by atoms with Crippen LogP contribution >= 0.6 is 11.3 Å². The van der Waals surface area contributed by atoms with Crippen LogP contribution in [0.4, 0.5) is 5.13 Å². The lowest BCUT2D eigenvalue weighted by Crippen LogP contribution is -2.37. The van der Waals surface area contributed by atoms with Crippen molar-refractivity contribution in [3.05, 3.63) is 10.6 Å². The van der Waals surface area contributed by atoms with E-state index in [1.807, 2.05) is 0 Å². The molecule has 112 valence electrons. The van der Waals surface area contributed by atoms with Gasteiger partial charge in [-0.15, -0.1) is 11.3 Å². The molecule has 0 aromatic carbocycles. The lowest BCUT2D eigenvalue weighted by Gasteiger charge is -2.25. The van der Waals surface area contributed by atoms with E-state index in [1.165, 1.54) is 17.7 Å². The fourth-order valence-electron chi connectivity index (χ4n) is 2.25. The van der Waals surface area contributed by atoms with Gasteiger partial charge in [0.15, 0.2) is 5.13 Å². The highest BCUT2D eigenvalue weighted by Crippen LogP contribution is 2.29. The van der Waals surface area contributed by atoms with E-state index < -0.39 is 10.8 Å². The number of anilines is 1. The van der Waals surface area contributed by atoms with Crippen LogP contribution in [0.25, 0.3) is 0 Å². The molecule has 2 fully saturated rings. The number of aromatic nitrogens is 1. The minimum absolute atomic E-state index is 0.567. The van der Waals surface area contributed by atoms with Crippen molar-refractivity contribution in [3.8, 4) is 0 Å². The van der Waals surface area contributed by atoms with Crippen LogP contribution in [-0.2, 0) is 28.7 Å². The van der Waals surface area contributed by atoms with Crippen LogP contribution < -0.4 is 10.2 Å². The Morgan fingerprint density at radius 2 is 2.20 bits per heavy atom. The molecular weight excluding hydrogens is 294 g/mol. The highest BCUT2D eigenvalue weighted by molar-refractivity contribution is 7.85. The van der Waals surface area contributed by atoms with Crippen molar-refractivity contribution >= 4 is 27.3 Å². The number of rotatable bonds is 6. The first kappa shape index (κ1) is 14.4. The van der Waals surface area contributed by atoms with Crippen LogP contribution in [-0.4, -0.2) is 46.9 Å². The fraction of sp³-hybridized carbons (Fsp3) is 0.769. The molecule has 1 aliphatic carbocycles. The number of thiazole rings is 1. The van der Waals surface area contributed by atoms with Crippen molar-refractivity contribution in [2.75, 3.05) is 36.6 Å². The SMILES string of the molecule is COCc1nc(N2CCS(=O)CC2)sc1CNC1CC1. The third-order valence-electron chi connectivity index (χ3n) is 3.62. The van der Waals surface area contributed by atoms with Crippen molar-refractivity contribution in [1.29, 1.82) is 0 Å². The third kappa shape index (κ3) is 3.58. The largest absolute Gasteiger partial charge is 0.378 e. The van der Waals surface area contributed by atoms with Gasteiger partial charge in [-0.05, 0) is 12.8 Å². The van der Waals surface area contributed by atoms with Gasteiger partial charge < -0.3 is 15.0 Å². The Hall–Kier alpha value is -0.500. The van der Waals surface area contributed by atoms with Gasteiger partial charge in [-0.25, -0.2) is 4.98 Å². The van der Waals surface area contributed by atoms with Crippen molar-refractivity contribution < 1.29 is 8.95 Å². The average molecular weight is 315 g/mol. The summed E-state index contributed by atoms with van der Waals surface area (Å²) in [7, 11) is 1.07. The van der Waals surface area contributed by atoms with Crippen LogP contribution in [0.15, 0.2) is 0 Å². The van der Waals surface area contributed by atoms with E-state index in [-0.39, 0.29) is 0 Å². The Balaban J connectivity index is 1.69.